The van der Waals surface area contributed by atoms with Crippen LogP contribution in [-0.2, 0) is 11.3 Å². The van der Waals surface area contributed by atoms with Crippen molar-refractivity contribution in [2.75, 3.05) is 13.7 Å². The molecule has 5 nitrogen and oxygen atoms in total. The molecule has 0 amide bonds. The van der Waals surface area contributed by atoms with E-state index >= 15 is 0 Å². The van der Waals surface area contributed by atoms with Gasteiger partial charge in [-0.2, -0.15) is 0 Å². The van der Waals surface area contributed by atoms with E-state index in [-0.39, 0.29) is 5.69 Å². The van der Waals surface area contributed by atoms with Gasteiger partial charge < -0.3 is 18.8 Å². The molecule has 0 aliphatic heterocycles. The second-order valence-electron chi connectivity index (χ2n) is 3.59. The summed E-state index contributed by atoms with van der Waals surface area (Å²) < 4.78 is 12.0. The number of rotatable bonds is 4. The molecular weight excluding hydrogens is 210 g/mol. The number of furan rings is 1. The van der Waals surface area contributed by atoms with Crippen LogP contribution in [0.25, 0.3) is 11.1 Å². The summed E-state index contributed by atoms with van der Waals surface area (Å²) in [5.74, 6) is -0.187. The zero-order chi connectivity index (χ0) is 11.7. The van der Waals surface area contributed by atoms with Crippen molar-refractivity contribution in [3.8, 4) is 0 Å². The lowest BCUT2D eigenvalue weighted by Gasteiger charge is -2.05. The third-order valence-corrected chi connectivity index (χ3v) is 2.45. The van der Waals surface area contributed by atoms with Crippen molar-refractivity contribution in [3.05, 3.63) is 23.6 Å². The second-order valence-corrected chi connectivity index (χ2v) is 3.59. The van der Waals surface area contributed by atoms with Gasteiger partial charge in [0, 0.05) is 25.8 Å². The van der Waals surface area contributed by atoms with Crippen molar-refractivity contribution in [1.82, 2.24) is 4.57 Å². The molecule has 2 aromatic rings. The Labute approximate surface area is 92.2 Å². The van der Waals surface area contributed by atoms with Crippen LogP contribution in [0.3, 0.4) is 0 Å². The predicted molar refractivity (Wildman–Crippen MR) is 57.8 cm³/mol. The topological polar surface area (TPSA) is 64.6 Å². The number of carboxylic acid groups (broad SMARTS) is 1. The number of methoxy groups -OCH3 is 1. The highest BCUT2D eigenvalue weighted by Crippen LogP contribution is 2.23. The Morgan fingerprint density at radius 3 is 2.94 bits per heavy atom. The summed E-state index contributed by atoms with van der Waals surface area (Å²) in [5, 5.41) is 9.05. The first-order chi connectivity index (χ1) is 7.63. The normalized spacial score (nSPS) is 11.1. The van der Waals surface area contributed by atoms with E-state index in [0.29, 0.717) is 18.7 Å². The summed E-state index contributed by atoms with van der Waals surface area (Å²) >= 11 is 0. The number of aromatic nitrogens is 1. The van der Waals surface area contributed by atoms with Crippen LogP contribution in [0.5, 0.6) is 0 Å². The number of hydrogen-bond acceptors (Lipinski definition) is 3. The van der Waals surface area contributed by atoms with Crippen LogP contribution < -0.4 is 0 Å². The highest BCUT2D eigenvalue weighted by molar-refractivity contribution is 5.92. The molecule has 0 atom stereocenters. The number of fused-ring (bicyclic) bond motifs is 1. The molecule has 2 heterocycles. The zero-order valence-corrected chi connectivity index (χ0v) is 9.19. The lowest BCUT2D eigenvalue weighted by Crippen LogP contribution is -2.11. The van der Waals surface area contributed by atoms with Gasteiger partial charge >= 0.3 is 5.97 Å². The number of carbonyl (C=O) groups is 1. The quantitative estimate of drug-likeness (QED) is 0.859. The van der Waals surface area contributed by atoms with Crippen LogP contribution in [0.4, 0.5) is 0 Å². The fraction of sp³-hybridized carbons (Fsp3) is 0.364. The molecule has 0 aliphatic carbocycles. The molecule has 16 heavy (non-hydrogen) atoms. The van der Waals surface area contributed by atoms with E-state index in [1.54, 1.807) is 17.7 Å². The molecular formula is C11H13NO4. The summed E-state index contributed by atoms with van der Waals surface area (Å²) in [4.78, 5) is 11.0. The van der Waals surface area contributed by atoms with Crippen LogP contribution in [0.2, 0.25) is 0 Å². The molecule has 5 heteroatoms. The summed E-state index contributed by atoms with van der Waals surface area (Å²) in [5.41, 5.74) is 1.63. The summed E-state index contributed by atoms with van der Waals surface area (Å²) in [6, 6.07) is 3.37. The Hall–Kier alpha value is -1.75. The predicted octanol–water partition coefficient (Wildman–Crippen LogP) is 1.89. The minimum absolute atomic E-state index is 0.228. The van der Waals surface area contributed by atoms with E-state index in [1.807, 2.05) is 13.0 Å². The molecule has 0 aromatic carbocycles. The highest BCUT2D eigenvalue weighted by Gasteiger charge is 2.17. The van der Waals surface area contributed by atoms with Gasteiger partial charge in [-0.1, -0.05) is 0 Å². The molecule has 0 radical (unpaired) electrons. The third kappa shape index (κ3) is 1.69. The Morgan fingerprint density at radius 1 is 1.56 bits per heavy atom. The van der Waals surface area contributed by atoms with Gasteiger partial charge in [0.05, 0.1) is 12.1 Å². The number of aromatic carboxylic acids is 1. The van der Waals surface area contributed by atoms with Crippen molar-refractivity contribution < 1.29 is 19.1 Å². The van der Waals surface area contributed by atoms with Crippen LogP contribution in [0, 0.1) is 6.92 Å². The molecule has 0 saturated heterocycles. The third-order valence-electron chi connectivity index (χ3n) is 2.45. The number of carboxylic acids is 1. The van der Waals surface area contributed by atoms with Gasteiger partial charge in [-0.3, -0.25) is 0 Å². The second kappa shape index (κ2) is 4.02. The average molecular weight is 223 g/mol. The highest BCUT2D eigenvalue weighted by atomic mass is 16.5. The fourth-order valence-electron chi connectivity index (χ4n) is 1.77. The van der Waals surface area contributed by atoms with Gasteiger partial charge in [0.1, 0.15) is 11.5 Å². The average Bonchev–Trinajstić information content (AvgIpc) is 2.71. The first-order valence-electron chi connectivity index (χ1n) is 4.95. The van der Waals surface area contributed by atoms with E-state index in [9.17, 15) is 4.79 Å². The lowest BCUT2D eigenvalue weighted by atomic mass is 10.4. The Balaban J connectivity index is 2.52. The summed E-state index contributed by atoms with van der Waals surface area (Å²) in [7, 11) is 1.59. The zero-order valence-electron chi connectivity index (χ0n) is 9.19. The SMILES string of the molecule is COCCn1c(C(=O)O)cc2oc(C)cc21. The maximum absolute atomic E-state index is 11.0. The van der Waals surface area contributed by atoms with Gasteiger partial charge in [-0.25, -0.2) is 4.79 Å². The Kier molecular flexibility index (Phi) is 2.70. The van der Waals surface area contributed by atoms with Crippen LogP contribution in [0.15, 0.2) is 16.5 Å². The minimum Gasteiger partial charge on any atom is -0.477 e. The molecule has 0 spiro atoms. The molecule has 1 N–H and O–H groups in total. The molecule has 2 rings (SSSR count). The van der Waals surface area contributed by atoms with Gasteiger partial charge in [-0.15, -0.1) is 0 Å². The maximum atomic E-state index is 11.0. The Bertz CT molecular complexity index is 523. The van der Waals surface area contributed by atoms with Crippen LogP contribution in [-0.4, -0.2) is 29.4 Å². The monoisotopic (exact) mass is 223 g/mol. The fourth-order valence-corrected chi connectivity index (χ4v) is 1.77. The first-order valence-corrected chi connectivity index (χ1v) is 4.95. The number of nitrogens with zero attached hydrogens (tertiary/aromatic N) is 1. The molecule has 0 aliphatic rings. The van der Waals surface area contributed by atoms with Crippen molar-refractivity contribution in [3.63, 3.8) is 0 Å². The largest absolute Gasteiger partial charge is 0.477 e. The van der Waals surface area contributed by atoms with E-state index in [1.165, 1.54) is 0 Å². The first kappa shape index (κ1) is 10.8. The van der Waals surface area contributed by atoms with Gasteiger partial charge in [0.2, 0.25) is 0 Å². The number of hydrogen-bond donors (Lipinski definition) is 1. The van der Waals surface area contributed by atoms with Crippen molar-refractivity contribution in [1.29, 1.82) is 0 Å². The molecule has 86 valence electrons. The lowest BCUT2D eigenvalue weighted by molar-refractivity contribution is 0.0683. The van der Waals surface area contributed by atoms with E-state index in [0.717, 1.165) is 11.3 Å². The van der Waals surface area contributed by atoms with E-state index in [4.69, 9.17) is 14.3 Å². The molecule has 0 unspecified atom stereocenters. The maximum Gasteiger partial charge on any atom is 0.352 e. The Morgan fingerprint density at radius 2 is 2.31 bits per heavy atom. The van der Waals surface area contributed by atoms with Crippen molar-refractivity contribution in [2.45, 2.75) is 13.5 Å². The summed E-state index contributed by atoms with van der Waals surface area (Å²) in [6.07, 6.45) is 0. The van der Waals surface area contributed by atoms with Crippen LogP contribution >= 0.6 is 0 Å². The van der Waals surface area contributed by atoms with Crippen LogP contribution in [0.1, 0.15) is 16.2 Å². The number of aryl methyl sites for hydroxylation is 1. The smallest absolute Gasteiger partial charge is 0.352 e. The number of ether oxygens (including phenoxy) is 1. The van der Waals surface area contributed by atoms with Gasteiger partial charge in [0.25, 0.3) is 0 Å². The molecule has 0 fully saturated rings. The molecule has 0 bridgehead atoms. The molecule has 2 aromatic heterocycles. The molecule has 0 saturated carbocycles. The van der Waals surface area contributed by atoms with E-state index in [2.05, 4.69) is 0 Å². The van der Waals surface area contributed by atoms with Gasteiger partial charge in [0.15, 0.2) is 5.58 Å². The van der Waals surface area contributed by atoms with Crippen molar-refractivity contribution in [2.24, 2.45) is 0 Å². The van der Waals surface area contributed by atoms with Crippen molar-refractivity contribution >= 4 is 17.1 Å². The van der Waals surface area contributed by atoms with Gasteiger partial charge in [-0.05, 0) is 6.92 Å². The minimum atomic E-state index is -0.958. The standard InChI is InChI=1S/C11H13NO4/c1-7-5-8-10(16-7)6-9(11(13)14)12(8)3-4-15-2/h5-6H,3-4H2,1-2H3,(H,13,14). The van der Waals surface area contributed by atoms with E-state index < -0.39 is 5.97 Å². The summed E-state index contributed by atoms with van der Waals surface area (Å²) in [6.45, 7) is 2.80.